The van der Waals surface area contributed by atoms with E-state index in [1.54, 1.807) is 30.5 Å². The van der Waals surface area contributed by atoms with Gasteiger partial charge in [0.15, 0.2) is 0 Å². The van der Waals surface area contributed by atoms with Gasteiger partial charge in [-0.15, -0.1) is 0 Å². The summed E-state index contributed by atoms with van der Waals surface area (Å²) in [4.78, 5) is 0. The van der Waals surface area contributed by atoms with Gasteiger partial charge in [0.1, 0.15) is 0 Å². The Morgan fingerprint density at radius 2 is 1.51 bits per heavy atom. The minimum absolute atomic E-state index is 0.214. The second kappa shape index (κ2) is 11.5. The Kier molecular flexibility index (Phi) is 7.79. The summed E-state index contributed by atoms with van der Waals surface area (Å²) >= 11 is -2.31. The van der Waals surface area contributed by atoms with Crippen molar-refractivity contribution in [3.63, 3.8) is 0 Å². The topological polar surface area (TPSA) is 0 Å². The van der Waals surface area contributed by atoms with E-state index in [0.717, 1.165) is 10.0 Å². The summed E-state index contributed by atoms with van der Waals surface area (Å²) in [5.41, 5.74) is 12.4. The second-order valence-electron chi connectivity index (χ2n) is 14.1. The molecule has 0 spiro atoms. The molecule has 43 heavy (non-hydrogen) atoms. The van der Waals surface area contributed by atoms with E-state index in [1.807, 2.05) is 0 Å². The molecule has 7 rings (SSSR count). The summed E-state index contributed by atoms with van der Waals surface area (Å²) in [5.74, 6) is 0.960. The van der Waals surface area contributed by atoms with Crippen LogP contribution in [0.25, 0.3) is 34.1 Å². The fourth-order valence-corrected chi connectivity index (χ4v) is 27.4. The van der Waals surface area contributed by atoms with Crippen LogP contribution in [0.3, 0.4) is 0 Å². The molecule has 0 aromatic heterocycles. The first-order valence-electron chi connectivity index (χ1n) is 17.0. The Hall–Kier alpha value is -2.50. The van der Waals surface area contributed by atoms with Crippen molar-refractivity contribution in [2.45, 2.75) is 88.1 Å². The fourth-order valence-electron chi connectivity index (χ4n) is 9.69. The van der Waals surface area contributed by atoms with Crippen LogP contribution < -0.4 is 0 Å². The molecule has 4 aromatic rings. The third kappa shape index (κ3) is 4.72. The van der Waals surface area contributed by atoms with Crippen LogP contribution in [0.2, 0.25) is 16.0 Å². The Labute approximate surface area is 264 Å². The van der Waals surface area contributed by atoms with Gasteiger partial charge in [0.05, 0.1) is 0 Å². The Morgan fingerprint density at radius 1 is 0.767 bits per heavy atom. The molecule has 0 radical (unpaired) electrons. The summed E-state index contributed by atoms with van der Waals surface area (Å²) in [6.45, 7) is 12.5. The maximum absolute atomic E-state index is 2.64. The number of allylic oxidation sites excluding steroid dienone is 2. The summed E-state index contributed by atoms with van der Waals surface area (Å²) in [5, 5.41) is 2.81. The molecular weight excluding hydrogens is 596 g/mol. The normalized spacial score (nSPS) is 25.2. The van der Waals surface area contributed by atoms with Gasteiger partial charge >= 0.3 is 266 Å². The molecular formula is C42H48Zr. The van der Waals surface area contributed by atoms with Crippen molar-refractivity contribution in [3.05, 3.63) is 118 Å². The molecule has 1 fully saturated rings. The van der Waals surface area contributed by atoms with E-state index in [1.165, 1.54) is 56.4 Å². The van der Waals surface area contributed by atoms with Crippen LogP contribution in [0.4, 0.5) is 0 Å². The van der Waals surface area contributed by atoms with Crippen LogP contribution >= 0.6 is 0 Å². The Morgan fingerprint density at radius 3 is 2.23 bits per heavy atom. The average molecular weight is 644 g/mol. The number of fused-ring (bicyclic) bond motifs is 4. The van der Waals surface area contributed by atoms with Gasteiger partial charge in [-0.05, 0) is 0 Å². The second-order valence-corrected chi connectivity index (χ2v) is 26.3. The first kappa shape index (κ1) is 29.2. The molecule has 2 aliphatic carbocycles. The molecule has 0 bridgehead atoms. The van der Waals surface area contributed by atoms with E-state index in [9.17, 15) is 0 Å². The SMILES string of the molecule is CCC[CH2][Zr]1([CH2]C(CC)(C2C(C)=Cc3c(-c4ccccc4)cccc32)C2C(CC)=Cc3c2ccc2ccccc32)[CH2][CH]1C. The van der Waals surface area contributed by atoms with Gasteiger partial charge in [0.25, 0.3) is 0 Å². The summed E-state index contributed by atoms with van der Waals surface area (Å²) < 4.78 is 5.74. The first-order valence-corrected chi connectivity index (χ1v) is 23.7. The van der Waals surface area contributed by atoms with Gasteiger partial charge in [0.2, 0.25) is 0 Å². The number of benzene rings is 4. The minimum atomic E-state index is -2.31. The summed E-state index contributed by atoms with van der Waals surface area (Å²) in [6, 6.07) is 32.3. The molecule has 5 atom stereocenters. The van der Waals surface area contributed by atoms with Gasteiger partial charge < -0.3 is 0 Å². The van der Waals surface area contributed by atoms with Crippen LogP contribution in [0.5, 0.6) is 0 Å². The predicted molar refractivity (Wildman–Crippen MR) is 185 cm³/mol. The molecule has 0 saturated carbocycles. The van der Waals surface area contributed by atoms with E-state index < -0.39 is 20.3 Å². The standard InChI is InChI=1S/C35H33.C4H9.C3H6.Zr/c1-5-24-22-32-27-16-11-10-15-26(27)19-20-30(32)34(24)35(4,6-2)33-23(3)21-31-28(17-12-18-29(31)33)25-13-8-7-9-14-25;1-3-4-2;1-3-2;/h7-22,33-34H,4-6H2,1-3H3;1,3-4H2,2H3;3H,1H2,2H3;. The summed E-state index contributed by atoms with van der Waals surface area (Å²) in [7, 11) is 0. The predicted octanol–water partition coefficient (Wildman–Crippen LogP) is 13.0. The van der Waals surface area contributed by atoms with Crippen molar-refractivity contribution in [1.29, 1.82) is 0 Å². The van der Waals surface area contributed by atoms with Crippen molar-refractivity contribution in [3.8, 4) is 11.1 Å². The quantitative estimate of drug-likeness (QED) is 0.161. The van der Waals surface area contributed by atoms with Crippen molar-refractivity contribution < 1.29 is 20.3 Å². The maximum atomic E-state index is 2.64. The molecule has 1 aliphatic heterocycles. The van der Waals surface area contributed by atoms with Crippen LogP contribution in [-0.4, -0.2) is 0 Å². The Balaban J connectivity index is 1.45. The zero-order valence-corrected chi connectivity index (χ0v) is 29.4. The van der Waals surface area contributed by atoms with Crippen LogP contribution in [0.15, 0.2) is 96.1 Å². The van der Waals surface area contributed by atoms with Gasteiger partial charge in [-0.2, -0.15) is 0 Å². The number of rotatable bonds is 10. The molecule has 1 heteroatoms. The molecule has 5 unspecified atom stereocenters. The van der Waals surface area contributed by atoms with Crippen LogP contribution in [-0.2, 0) is 20.3 Å². The molecule has 1 saturated heterocycles. The van der Waals surface area contributed by atoms with Crippen molar-refractivity contribution >= 4 is 22.9 Å². The van der Waals surface area contributed by atoms with E-state index in [2.05, 4.69) is 132 Å². The average Bonchev–Trinajstić information content (AvgIpc) is 3.34. The van der Waals surface area contributed by atoms with Gasteiger partial charge in [-0.25, -0.2) is 0 Å². The van der Waals surface area contributed by atoms with Gasteiger partial charge in [0, 0.05) is 0 Å². The Bertz CT molecular complexity index is 1720. The molecule has 0 amide bonds. The molecule has 220 valence electrons. The molecule has 4 aromatic carbocycles. The van der Waals surface area contributed by atoms with Crippen molar-refractivity contribution in [1.82, 2.24) is 0 Å². The molecule has 1 heterocycles. The third-order valence-electron chi connectivity index (χ3n) is 11.9. The fraction of sp³-hybridized carbons (Fsp3) is 0.381. The van der Waals surface area contributed by atoms with E-state index >= 15 is 0 Å². The van der Waals surface area contributed by atoms with E-state index in [0.29, 0.717) is 11.8 Å². The van der Waals surface area contributed by atoms with Gasteiger partial charge in [-0.1, -0.05) is 0 Å². The molecule has 0 nitrogen and oxygen atoms in total. The van der Waals surface area contributed by atoms with Crippen LogP contribution in [0, 0.1) is 5.41 Å². The van der Waals surface area contributed by atoms with E-state index in [4.69, 9.17) is 0 Å². The zero-order chi connectivity index (χ0) is 29.8. The number of hydrogen-bond donors (Lipinski definition) is 0. The number of unbranched alkanes of at least 4 members (excludes halogenated alkanes) is 1. The monoisotopic (exact) mass is 642 g/mol. The van der Waals surface area contributed by atoms with Gasteiger partial charge in [-0.3, -0.25) is 0 Å². The molecule has 0 N–H and O–H groups in total. The van der Waals surface area contributed by atoms with Crippen molar-refractivity contribution in [2.24, 2.45) is 5.41 Å². The van der Waals surface area contributed by atoms with Crippen LogP contribution in [0.1, 0.15) is 94.4 Å². The number of hydrogen-bond acceptors (Lipinski definition) is 0. The van der Waals surface area contributed by atoms with Crippen molar-refractivity contribution in [2.75, 3.05) is 0 Å². The first-order chi connectivity index (χ1) is 21.0. The summed E-state index contributed by atoms with van der Waals surface area (Å²) in [6.07, 6.45) is 10.4. The third-order valence-corrected chi connectivity index (χ3v) is 26.4. The molecule has 3 aliphatic rings. The van der Waals surface area contributed by atoms with E-state index in [-0.39, 0.29) is 5.41 Å². The zero-order valence-electron chi connectivity index (χ0n) is 26.9.